The van der Waals surface area contributed by atoms with Gasteiger partial charge in [0, 0.05) is 59.0 Å². The lowest BCUT2D eigenvalue weighted by atomic mass is 9.91. The Morgan fingerprint density at radius 1 is 0.879 bits per heavy atom. The van der Waals surface area contributed by atoms with Gasteiger partial charge in [-0.15, -0.1) is 0 Å². The van der Waals surface area contributed by atoms with Crippen molar-refractivity contribution in [3.63, 3.8) is 0 Å². The summed E-state index contributed by atoms with van der Waals surface area (Å²) >= 11 is 0. The number of aromatic nitrogens is 5. The molecule has 0 unspecified atom stereocenters. The van der Waals surface area contributed by atoms with Crippen LogP contribution in [-0.2, 0) is 12.5 Å². The van der Waals surface area contributed by atoms with E-state index in [1.165, 1.54) is 11.3 Å². The van der Waals surface area contributed by atoms with Gasteiger partial charge in [0.1, 0.15) is 0 Å². The number of hydrogen-bond acceptors (Lipinski definition) is 4. The highest BCUT2D eigenvalue weighted by molar-refractivity contribution is 5.91. The molecule has 0 bridgehead atoms. The van der Waals surface area contributed by atoms with E-state index in [0.717, 1.165) is 45.6 Å². The third-order valence-electron chi connectivity index (χ3n) is 7.05. The molecular formula is C27H21N5O. The minimum absolute atomic E-state index is 0.0427. The Kier molecular flexibility index (Phi) is 3.58. The molecule has 1 fully saturated rings. The largest absolute Gasteiger partial charge is 0.494 e. The van der Waals surface area contributed by atoms with Crippen LogP contribution < -0.4 is 0 Å². The Bertz CT molecular complexity index is 1710. The lowest BCUT2D eigenvalue weighted by Crippen LogP contribution is -2.12. The molecule has 4 aromatic heterocycles. The van der Waals surface area contributed by atoms with Crippen LogP contribution in [0.1, 0.15) is 24.1 Å². The zero-order chi connectivity index (χ0) is 22.2. The van der Waals surface area contributed by atoms with Gasteiger partial charge in [0.25, 0.3) is 0 Å². The Morgan fingerprint density at radius 3 is 2.64 bits per heavy atom. The fourth-order valence-electron chi connectivity index (χ4n) is 5.08. The summed E-state index contributed by atoms with van der Waals surface area (Å²) in [6, 6.07) is 16.8. The maximum Gasteiger partial charge on any atom is 0.233 e. The average molecular weight is 431 g/mol. The molecule has 0 atom stereocenters. The van der Waals surface area contributed by atoms with Gasteiger partial charge in [-0.1, -0.05) is 18.2 Å². The Balaban J connectivity index is 1.36. The minimum Gasteiger partial charge on any atom is -0.494 e. The number of hydrogen-bond donors (Lipinski definition) is 1. The lowest BCUT2D eigenvalue weighted by molar-refractivity contribution is 0.438. The number of nitrogens with zero attached hydrogens (tertiary/aromatic N) is 5. The summed E-state index contributed by atoms with van der Waals surface area (Å²) in [5.74, 6) is 0.990. The average Bonchev–Trinajstić information content (AvgIpc) is 3.46. The number of aromatic hydroxyl groups is 1. The first kappa shape index (κ1) is 18.4. The van der Waals surface area contributed by atoms with Crippen molar-refractivity contribution < 1.29 is 5.11 Å². The standard InChI is InChI=1S/C27H21N5O/c1-31-15-19-11-17(4-6-22(19)25(31)33)20-13-29-26-30-14-24(32(26)16-20)27(8-9-27)21-5-7-23-18(12-21)3-2-10-28-23/h2-7,10-16,33H,8-9H2,1H3. The predicted molar refractivity (Wildman–Crippen MR) is 128 cm³/mol. The van der Waals surface area contributed by atoms with Crippen LogP contribution in [0.2, 0.25) is 0 Å². The summed E-state index contributed by atoms with van der Waals surface area (Å²) in [5.41, 5.74) is 5.53. The van der Waals surface area contributed by atoms with E-state index in [4.69, 9.17) is 0 Å². The number of rotatable bonds is 3. The van der Waals surface area contributed by atoms with Crippen molar-refractivity contribution in [3.05, 3.63) is 90.8 Å². The van der Waals surface area contributed by atoms with Crippen LogP contribution in [-0.4, -0.2) is 29.0 Å². The van der Waals surface area contributed by atoms with Gasteiger partial charge in [-0.3, -0.25) is 9.38 Å². The molecule has 4 heterocycles. The molecule has 2 aromatic carbocycles. The highest BCUT2D eigenvalue weighted by Gasteiger charge is 2.48. The zero-order valence-corrected chi connectivity index (χ0v) is 18.1. The molecule has 0 radical (unpaired) electrons. The Morgan fingerprint density at radius 2 is 1.76 bits per heavy atom. The van der Waals surface area contributed by atoms with Crippen LogP contribution in [0.15, 0.2) is 79.5 Å². The van der Waals surface area contributed by atoms with Crippen molar-refractivity contribution in [3.8, 4) is 17.0 Å². The second-order valence-electron chi connectivity index (χ2n) is 9.01. The molecule has 1 N–H and O–H groups in total. The molecule has 6 nitrogen and oxygen atoms in total. The molecular weight excluding hydrogens is 410 g/mol. The third kappa shape index (κ3) is 2.64. The van der Waals surface area contributed by atoms with Gasteiger partial charge >= 0.3 is 0 Å². The molecule has 1 aliphatic rings. The van der Waals surface area contributed by atoms with E-state index < -0.39 is 0 Å². The van der Waals surface area contributed by atoms with E-state index in [-0.39, 0.29) is 11.3 Å². The van der Waals surface area contributed by atoms with Crippen LogP contribution in [0.25, 0.3) is 38.6 Å². The van der Waals surface area contributed by atoms with Crippen molar-refractivity contribution in [2.24, 2.45) is 7.05 Å². The summed E-state index contributed by atoms with van der Waals surface area (Å²) < 4.78 is 3.88. The van der Waals surface area contributed by atoms with Gasteiger partial charge in [-0.25, -0.2) is 9.97 Å². The van der Waals surface area contributed by atoms with Crippen molar-refractivity contribution in [1.82, 2.24) is 23.9 Å². The van der Waals surface area contributed by atoms with E-state index in [1.54, 1.807) is 4.57 Å². The molecule has 0 amide bonds. The number of imidazole rings is 1. The molecule has 6 aromatic rings. The van der Waals surface area contributed by atoms with Crippen molar-refractivity contribution in [2.45, 2.75) is 18.3 Å². The van der Waals surface area contributed by atoms with E-state index in [0.29, 0.717) is 5.78 Å². The predicted octanol–water partition coefficient (Wildman–Crippen LogP) is 5.22. The molecule has 33 heavy (non-hydrogen) atoms. The first-order valence-corrected chi connectivity index (χ1v) is 11.1. The molecule has 6 heteroatoms. The molecule has 160 valence electrons. The van der Waals surface area contributed by atoms with E-state index >= 15 is 0 Å². The number of aryl methyl sites for hydroxylation is 1. The highest BCUT2D eigenvalue weighted by atomic mass is 16.3. The first-order valence-electron chi connectivity index (χ1n) is 11.1. The molecule has 1 saturated carbocycles. The molecule has 0 spiro atoms. The van der Waals surface area contributed by atoms with Crippen molar-refractivity contribution in [2.75, 3.05) is 0 Å². The second-order valence-corrected chi connectivity index (χ2v) is 9.01. The molecule has 0 saturated heterocycles. The monoisotopic (exact) mass is 431 g/mol. The van der Waals surface area contributed by atoms with Gasteiger partial charge in [0.05, 0.1) is 17.4 Å². The topological polar surface area (TPSA) is 68.2 Å². The minimum atomic E-state index is -0.0427. The van der Waals surface area contributed by atoms with Gasteiger partial charge < -0.3 is 9.67 Å². The van der Waals surface area contributed by atoms with Crippen LogP contribution in [0.3, 0.4) is 0 Å². The maximum absolute atomic E-state index is 10.2. The summed E-state index contributed by atoms with van der Waals surface area (Å²) in [6.45, 7) is 0. The quantitative estimate of drug-likeness (QED) is 0.417. The number of benzene rings is 2. The van der Waals surface area contributed by atoms with Crippen molar-refractivity contribution in [1.29, 1.82) is 0 Å². The fraction of sp³-hybridized carbons (Fsp3) is 0.148. The second kappa shape index (κ2) is 6.42. The number of fused-ring (bicyclic) bond motifs is 3. The summed E-state index contributed by atoms with van der Waals surface area (Å²) in [7, 11) is 1.85. The normalized spacial score (nSPS) is 14.9. The summed E-state index contributed by atoms with van der Waals surface area (Å²) in [5, 5.41) is 13.2. The van der Waals surface area contributed by atoms with Gasteiger partial charge in [0.15, 0.2) is 5.88 Å². The smallest absolute Gasteiger partial charge is 0.233 e. The lowest BCUT2D eigenvalue weighted by Gasteiger charge is -2.16. The van der Waals surface area contributed by atoms with Gasteiger partial charge in [0.2, 0.25) is 5.78 Å². The van der Waals surface area contributed by atoms with Crippen LogP contribution >= 0.6 is 0 Å². The highest BCUT2D eigenvalue weighted by Crippen LogP contribution is 2.53. The zero-order valence-electron chi connectivity index (χ0n) is 18.1. The van der Waals surface area contributed by atoms with Gasteiger partial charge in [-0.05, 0) is 54.3 Å². The molecule has 0 aliphatic heterocycles. The third-order valence-corrected chi connectivity index (χ3v) is 7.05. The van der Waals surface area contributed by atoms with Gasteiger partial charge in [-0.2, -0.15) is 0 Å². The SMILES string of the molecule is Cn1cc2cc(-c3cnc4ncc(C5(c6ccc7ncccc7c6)CC5)n4c3)ccc2c1O. The van der Waals surface area contributed by atoms with E-state index in [2.05, 4.69) is 55.9 Å². The number of pyridine rings is 1. The van der Waals surface area contributed by atoms with E-state index in [9.17, 15) is 5.11 Å². The maximum atomic E-state index is 10.2. The molecule has 7 rings (SSSR count). The Labute approximate surface area is 189 Å². The first-order chi connectivity index (χ1) is 16.1. The summed E-state index contributed by atoms with van der Waals surface area (Å²) in [6.07, 6.45) is 11.9. The fourth-order valence-corrected chi connectivity index (χ4v) is 5.08. The van der Waals surface area contributed by atoms with Crippen LogP contribution in [0.4, 0.5) is 0 Å². The molecule has 1 aliphatic carbocycles. The van der Waals surface area contributed by atoms with Crippen LogP contribution in [0, 0.1) is 0 Å². The van der Waals surface area contributed by atoms with Crippen LogP contribution in [0.5, 0.6) is 5.88 Å². The van der Waals surface area contributed by atoms with E-state index in [1.807, 2.05) is 50.0 Å². The van der Waals surface area contributed by atoms with Crippen molar-refractivity contribution >= 4 is 27.5 Å². The summed E-state index contributed by atoms with van der Waals surface area (Å²) in [4.78, 5) is 13.7. The Hall–Kier alpha value is -4.19.